The molecule has 0 unspecified atom stereocenters. The van der Waals surface area contributed by atoms with Gasteiger partial charge in [-0.2, -0.15) is 10.4 Å². The summed E-state index contributed by atoms with van der Waals surface area (Å²) in [5, 5.41) is 25.6. The molecule has 3 fully saturated rings. The maximum absolute atomic E-state index is 14.3. The number of ether oxygens (including phenoxy) is 1. The Morgan fingerprint density at radius 1 is 1.02 bits per heavy atom. The lowest BCUT2D eigenvalue weighted by Gasteiger charge is -2.36. The predicted octanol–water partition coefficient (Wildman–Crippen LogP) is 6.54. The van der Waals surface area contributed by atoms with Crippen molar-refractivity contribution in [1.29, 1.82) is 5.26 Å². The van der Waals surface area contributed by atoms with Gasteiger partial charge in [-0.15, -0.1) is 0 Å². The molecule has 0 aliphatic heterocycles. The summed E-state index contributed by atoms with van der Waals surface area (Å²) in [6.45, 7) is 1.11. The van der Waals surface area contributed by atoms with E-state index in [1.54, 1.807) is 7.11 Å². The molecule has 6 rings (SSSR count). The molecular formula is C35H42N6O4. The minimum absolute atomic E-state index is 0.0726. The van der Waals surface area contributed by atoms with Crippen molar-refractivity contribution in [3.8, 4) is 22.9 Å². The number of amides is 2. The zero-order valence-corrected chi connectivity index (χ0v) is 25.9. The molecule has 3 aliphatic rings. The van der Waals surface area contributed by atoms with E-state index in [9.17, 15) is 14.9 Å². The van der Waals surface area contributed by atoms with Crippen LogP contribution in [0.2, 0.25) is 0 Å². The maximum atomic E-state index is 14.3. The Morgan fingerprint density at radius 2 is 1.78 bits per heavy atom. The van der Waals surface area contributed by atoms with Crippen LogP contribution in [-0.4, -0.2) is 52.1 Å². The van der Waals surface area contributed by atoms with Crippen LogP contribution >= 0.6 is 0 Å². The number of nitriles is 1. The standard InChI is InChI=1S/C35H42N6O4/c1-45-33-16-15-31(39-32(33)18-36)25-9-7-24(8-10-25)21-40(34(42)26-11-5-23(6-12-26)19-37-35(43)44)30-4-2-3-27(17-30)28-20-38-41(22-28)29-13-14-29/h2-4,15-17,20,22-26,29,37H,5-14,19,21H2,1H3,(H,43,44)/t23-,24-,25-,26-. The Labute approximate surface area is 264 Å². The molecule has 10 heteroatoms. The second-order valence-electron chi connectivity index (χ2n) is 13.0. The Balaban J connectivity index is 1.17. The number of nitrogens with one attached hydrogen (secondary N) is 1. The van der Waals surface area contributed by atoms with Gasteiger partial charge in [-0.1, -0.05) is 12.1 Å². The topological polar surface area (TPSA) is 133 Å². The van der Waals surface area contributed by atoms with Crippen molar-refractivity contribution in [3.05, 3.63) is 60.2 Å². The summed E-state index contributed by atoms with van der Waals surface area (Å²) >= 11 is 0. The lowest BCUT2D eigenvalue weighted by Crippen LogP contribution is -2.42. The Kier molecular flexibility index (Phi) is 9.34. The number of anilines is 1. The molecule has 10 nitrogen and oxygen atoms in total. The molecule has 0 bridgehead atoms. The monoisotopic (exact) mass is 610 g/mol. The molecule has 0 atom stereocenters. The average molecular weight is 611 g/mol. The summed E-state index contributed by atoms with van der Waals surface area (Å²) in [5.41, 5.74) is 4.30. The van der Waals surface area contributed by atoms with E-state index >= 15 is 0 Å². The van der Waals surface area contributed by atoms with Crippen LogP contribution in [0.3, 0.4) is 0 Å². The van der Waals surface area contributed by atoms with E-state index in [0.29, 0.717) is 36.5 Å². The number of pyridine rings is 1. The smallest absolute Gasteiger partial charge is 0.404 e. The first-order valence-corrected chi connectivity index (χ1v) is 16.3. The number of benzene rings is 1. The normalized spacial score (nSPS) is 23.1. The summed E-state index contributed by atoms with van der Waals surface area (Å²) < 4.78 is 7.33. The van der Waals surface area contributed by atoms with Crippen LogP contribution < -0.4 is 15.0 Å². The lowest BCUT2D eigenvalue weighted by atomic mass is 9.79. The minimum Gasteiger partial charge on any atom is -0.494 e. The molecular weight excluding hydrogens is 568 g/mol. The fraction of sp³-hybridized carbons (Fsp3) is 0.514. The van der Waals surface area contributed by atoms with Crippen LogP contribution in [-0.2, 0) is 4.79 Å². The van der Waals surface area contributed by atoms with Crippen molar-refractivity contribution >= 4 is 17.7 Å². The van der Waals surface area contributed by atoms with Gasteiger partial charge in [-0.3, -0.25) is 9.48 Å². The fourth-order valence-corrected chi connectivity index (χ4v) is 7.10. The zero-order chi connectivity index (χ0) is 31.3. The Morgan fingerprint density at radius 3 is 2.47 bits per heavy atom. The Bertz CT molecular complexity index is 1540. The first kappa shape index (κ1) is 30.6. The summed E-state index contributed by atoms with van der Waals surface area (Å²) in [4.78, 5) is 31.9. The average Bonchev–Trinajstić information content (AvgIpc) is 3.81. The highest BCUT2D eigenvalue weighted by Crippen LogP contribution is 2.39. The molecule has 236 valence electrons. The molecule has 3 aliphatic carbocycles. The minimum atomic E-state index is -0.995. The van der Waals surface area contributed by atoms with Crippen LogP contribution in [0.15, 0.2) is 48.8 Å². The van der Waals surface area contributed by atoms with Crippen LogP contribution in [0.4, 0.5) is 10.5 Å². The van der Waals surface area contributed by atoms with Gasteiger partial charge in [0.25, 0.3) is 0 Å². The number of rotatable bonds is 10. The van der Waals surface area contributed by atoms with Gasteiger partial charge in [-0.25, -0.2) is 9.78 Å². The third-order valence-electron chi connectivity index (χ3n) is 9.93. The van der Waals surface area contributed by atoms with E-state index < -0.39 is 6.09 Å². The lowest BCUT2D eigenvalue weighted by molar-refractivity contribution is -0.123. The summed E-state index contributed by atoms with van der Waals surface area (Å²) in [6.07, 6.45) is 12.5. The van der Waals surface area contributed by atoms with Crippen LogP contribution in [0.5, 0.6) is 5.75 Å². The highest BCUT2D eigenvalue weighted by atomic mass is 16.5. The van der Waals surface area contributed by atoms with E-state index in [0.717, 1.165) is 73.9 Å². The molecule has 2 N–H and O–H groups in total. The third-order valence-corrected chi connectivity index (χ3v) is 9.93. The van der Waals surface area contributed by atoms with E-state index in [1.165, 1.54) is 12.8 Å². The number of carbonyl (C=O) groups excluding carboxylic acids is 1. The van der Waals surface area contributed by atoms with E-state index in [4.69, 9.17) is 9.84 Å². The molecule has 45 heavy (non-hydrogen) atoms. The van der Waals surface area contributed by atoms with Crippen molar-refractivity contribution in [2.45, 2.75) is 76.2 Å². The van der Waals surface area contributed by atoms with Gasteiger partial charge >= 0.3 is 6.09 Å². The second-order valence-corrected chi connectivity index (χ2v) is 13.0. The zero-order valence-electron chi connectivity index (χ0n) is 25.9. The highest BCUT2D eigenvalue weighted by molar-refractivity contribution is 5.95. The number of hydrogen-bond acceptors (Lipinski definition) is 6. The SMILES string of the molecule is COc1ccc([C@H]2CC[C@H](CN(c3cccc(-c4cnn(C5CC5)c4)c3)C(=O)[C@H]3CC[C@H](CNC(=O)O)CC3)CC2)nc1C#N. The van der Waals surface area contributed by atoms with E-state index in [2.05, 4.69) is 44.5 Å². The fourth-order valence-electron chi connectivity index (χ4n) is 7.10. The first-order chi connectivity index (χ1) is 21.9. The summed E-state index contributed by atoms with van der Waals surface area (Å²) in [6, 6.07) is 14.8. The summed E-state index contributed by atoms with van der Waals surface area (Å²) in [5.74, 6) is 1.51. The summed E-state index contributed by atoms with van der Waals surface area (Å²) in [7, 11) is 1.55. The first-order valence-electron chi connectivity index (χ1n) is 16.3. The van der Waals surface area contributed by atoms with Crippen LogP contribution in [0, 0.1) is 29.1 Å². The molecule has 0 spiro atoms. The second kappa shape index (κ2) is 13.7. The van der Waals surface area contributed by atoms with Gasteiger partial charge in [0.1, 0.15) is 6.07 Å². The van der Waals surface area contributed by atoms with Crippen LogP contribution in [0.25, 0.3) is 11.1 Å². The number of hydrogen-bond donors (Lipinski definition) is 2. The number of carboxylic acid groups (broad SMARTS) is 1. The van der Waals surface area contributed by atoms with Crippen molar-refractivity contribution in [3.63, 3.8) is 0 Å². The third kappa shape index (κ3) is 7.30. The number of nitrogens with zero attached hydrogens (tertiary/aromatic N) is 5. The molecule has 2 heterocycles. The van der Waals surface area contributed by atoms with Gasteiger partial charge in [-0.05, 0) is 106 Å². The molecule has 0 saturated heterocycles. The highest BCUT2D eigenvalue weighted by Gasteiger charge is 2.33. The van der Waals surface area contributed by atoms with Gasteiger partial charge in [0.05, 0.1) is 19.3 Å². The largest absolute Gasteiger partial charge is 0.494 e. The predicted molar refractivity (Wildman–Crippen MR) is 170 cm³/mol. The van der Waals surface area contributed by atoms with Gasteiger partial charge in [0.15, 0.2) is 11.4 Å². The van der Waals surface area contributed by atoms with Crippen molar-refractivity contribution in [2.24, 2.45) is 17.8 Å². The van der Waals surface area contributed by atoms with E-state index in [1.807, 2.05) is 35.4 Å². The number of aromatic nitrogens is 3. The van der Waals surface area contributed by atoms with Crippen molar-refractivity contribution < 1.29 is 19.4 Å². The molecule has 3 saturated carbocycles. The van der Waals surface area contributed by atoms with Gasteiger partial charge in [0.2, 0.25) is 5.91 Å². The van der Waals surface area contributed by atoms with Crippen LogP contribution in [0.1, 0.15) is 87.6 Å². The number of carbonyl (C=O) groups is 2. The van der Waals surface area contributed by atoms with Crippen molar-refractivity contribution in [1.82, 2.24) is 20.1 Å². The maximum Gasteiger partial charge on any atom is 0.404 e. The van der Waals surface area contributed by atoms with Gasteiger partial charge in [0, 0.05) is 48.1 Å². The molecule has 2 amide bonds. The molecule has 0 radical (unpaired) electrons. The van der Waals surface area contributed by atoms with Crippen molar-refractivity contribution in [2.75, 3.05) is 25.1 Å². The quantitative estimate of drug-likeness (QED) is 0.266. The van der Waals surface area contributed by atoms with E-state index in [-0.39, 0.29) is 23.7 Å². The molecule has 2 aromatic heterocycles. The van der Waals surface area contributed by atoms with Gasteiger partial charge < -0.3 is 20.1 Å². The number of methoxy groups -OCH3 is 1. The molecule has 3 aromatic rings. The molecule has 1 aromatic carbocycles. The Hall–Kier alpha value is -4.39.